The molecule has 19 heavy (non-hydrogen) atoms. The van der Waals surface area contributed by atoms with Gasteiger partial charge in [0, 0.05) is 5.56 Å². The van der Waals surface area contributed by atoms with E-state index < -0.39 is 17.7 Å². The highest BCUT2D eigenvalue weighted by Gasteiger charge is 2.17. The molecule has 0 aromatic heterocycles. The van der Waals surface area contributed by atoms with Crippen molar-refractivity contribution in [3.05, 3.63) is 65.2 Å². The molecule has 0 saturated carbocycles. The van der Waals surface area contributed by atoms with E-state index in [1.54, 1.807) is 26.3 Å². The van der Waals surface area contributed by atoms with Crippen LogP contribution in [0.5, 0.6) is 5.75 Å². The number of hydrogen-bond donors (Lipinski definition) is 1. The van der Waals surface area contributed by atoms with E-state index in [9.17, 15) is 8.78 Å². The molecule has 0 aliphatic heterocycles. The Kier molecular flexibility index (Phi) is 4.12. The predicted molar refractivity (Wildman–Crippen MR) is 70.3 cm³/mol. The SMILES string of the molecule is CNC(c1ccc(OC)cc1)c1cc(F)ccc1F. The molecule has 0 bridgehead atoms. The summed E-state index contributed by atoms with van der Waals surface area (Å²) in [5, 5.41) is 2.99. The topological polar surface area (TPSA) is 21.3 Å². The predicted octanol–water partition coefficient (Wildman–Crippen LogP) is 3.28. The summed E-state index contributed by atoms with van der Waals surface area (Å²) in [5.41, 5.74) is 1.13. The fraction of sp³-hybridized carbons (Fsp3) is 0.200. The Morgan fingerprint density at radius 2 is 1.74 bits per heavy atom. The maximum Gasteiger partial charge on any atom is 0.128 e. The normalized spacial score (nSPS) is 12.2. The first-order chi connectivity index (χ1) is 9.15. The summed E-state index contributed by atoms with van der Waals surface area (Å²) in [5.74, 6) is -0.167. The van der Waals surface area contributed by atoms with Gasteiger partial charge in [-0.2, -0.15) is 0 Å². The third kappa shape index (κ3) is 2.90. The zero-order valence-corrected chi connectivity index (χ0v) is 10.8. The van der Waals surface area contributed by atoms with E-state index in [4.69, 9.17) is 4.74 Å². The summed E-state index contributed by atoms with van der Waals surface area (Å²) in [4.78, 5) is 0. The standard InChI is InChI=1S/C15H15F2NO/c1-18-15(10-3-6-12(19-2)7-4-10)13-9-11(16)5-8-14(13)17/h3-9,15,18H,1-2H3. The van der Waals surface area contributed by atoms with Crippen LogP contribution in [0.4, 0.5) is 8.78 Å². The molecule has 0 heterocycles. The maximum atomic E-state index is 13.8. The molecule has 1 unspecified atom stereocenters. The Morgan fingerprint density at radius 3 is 2.32 bits per heavy atom. The first kappa shape index (κ1) is 13.5. The highest BCUT2D eigenvalue weighted by molar-refractivity contribution is 5.36. The number of nitrogens with one attached hydrogen (secondary N) is 1. The molecular formula is C15H15F2NO. The Hall–Kier alpha value is -1.94. The summed E-state index contributed by atoms with van der Waals surface area (Å²) in [6, 6.07) is 10.3. The summed E-state index contributed by atoms with van der Waals surface area (Å²) in [7, 11) is 3.29. The Labute approximate surface area is 111 Å². The number of benzene rings is 2. The van der Waals surface area contributed by atoms with E-state index in [0.717, 1.165) is 23.4 Å². The van der Waals surface area contributed by atoms with Gasteiger partial charge in [0.1, 0.15) is 17.4 Å². The van der Waals surface area contributed by atoms with E-state index in [1.807, 2.05) is 12.1 Å². The summed E-state index contributed by atoms with van der Waals surface area (Å²) in [6.07, 6.45) is 0. The zero-order valence-electron chi connectivity index (χ0n) is 10.8. The lowest BCUT2D eigenvalue weighted by Crippen LogP contribution is -2.19. The van der Waals surface area contributed by atoms with Gasteiger partial charge >= 0.3 is 0 Å². The second kappa shape index (κ2) is 5.80. The van der Waals surface area contributed by atoms with Crippen LogP contribution in [0.15, 0.2) is 42.5 Å². The Balaban J connectivity index is 2.40. The molecule has 100 valence electrons. The van der Waals surface area contributed by atoms with Crippen LogP contribution in [0.1, 0.15) is 17.2 Å². The average molecular weight is 263 g/mol. The molecule has 2 rings (SSSR count). The van der Waals surface area contributed by atoms with Crippen molar-refractivity contribution < 1.29 is 13.5 Å². The van der Waals surface area contributed by atoms with Crippen molar-refractivity contribution in [2.45, 2.75) is 6.04 Å². The van der Waals surface area contributed by atoms with Crippen molar-refractivity contribution >= 4 is 0 Å². The molecule has 0 fully saturated rings. The first-order valence-corrected chi connectivity index (χ1v) is 5.92. The smallest absolute Gasteiger partial charge is 0.128 e. The monoisotopic (exact) mass is 263 g/mol. The Bertz CT molecular complexity index is 555. The minimum atomic E-state index is -0.454. The lowest BCUT2D eigenvalue weighted by molar-refractivity contribution is 0.414. The lowest BCUT2D eigenvalue weighted by Gasteiger charge is -2.18. The number of methoxy groups -OCH3 is 1. The van der Waals surface area contributed by atoms with Gasteiger partial charge in [-0.15, -0.1) is 0 Å². The van der Waals surface area contributed by atoms with E-state index in [0.29, 0.717) is 0 Å². The van der Waals surface area contributed by atoms with Gasteiger partial charge in [0.05, 0.1) is 13.2 Å². The minimum Gasteiger partial charge on any atom is -0.497 e. The zero-order chi connectivity index (χ0) is 13.8. The van der Waals surface area contributed by atoms with Gasteiger partial charge in [-0.05, 0) is 42.9 Å². The number of hydrogen-bond acceptors (Lipinski definition) is 2. The van der Waals surface area contributed by atoms with E-state index >= 15 is 0 Å². The third-order valence-electron chi connectivity index (χ3n) is 3.01. The molecule has 1 atom stereocenters. The second-order valence-electron chi connectivity index (χ2n) is 4.16. The molecule has 0 amide bonds. The third-order valence-corrected chi connectivity index (χ3v) is 3.01. The largest absolute Gasteiger partial charge is 0.497 e. The van der Waals surface area contributed by atoms with Gasteiger partial charge in [0.15, 0.2) is 0 Å². The average Bonchev–Trinajstić information content (AvgIpc) is 2.44. The fourth-order valence-electron chi connectivity index (χ4n) is 2.03. The van der Waals surface area contributed by atoms with Gasteiger partial charge in [-0.1, -0.05) is 12.1 Å². The highest BCUT2D eigenvalue weighted by Crippen LogP contribution is 2.26. The van der Waals surface area contributed by atoms with E-state index in [-0.39, 0.29) is 5.56 Å². The van der Waals surface area contributed by atoms with Crippen molar-refractivity contribution in [2.24, 2.45) is 0 Å². The van der Waals surface area contributed by atoms with Crippen LogP contribution in [0, 0.1) is 11.6 Å². The van der Waals surface area contributed by atoms with Gasteiger partial charge < -0.3 is 10.1 Å². The molecular weight excluding hydrogens is 248 g/mol. The van der Waals surface area contributed by atoms with Crippen molar-refractivity contribution in [1.29, 1.82) is 0 Å². The van der Waals surface area contributed by atoms with Gasteiger partial charge in [0.2, 0.25) is 0 Å². The van der Waals surface area contributed by atoms with Crippen LogP contribution in [0.3, 0.4) is 0 Å². The van der Waals surface area contributed by atoms with Gasteiger partial charge in [-0.3, -0.25) is 0 Å². The van der Waals surface area contributed by atoms with Gasteiger partial charge in [0.25, 0.3) is 0 Å². The van der Waals surface area contributed by atoms with Crippen LogP contribution in [0.25, 0.3) is 0 Å². The molecule has 2 aromatic rings. The van der Waals surface area contributed by atoms with Crippen molar-refractivity contribution in [3.8, 4) is 5.75 Å². The molecule has 0 saturated heterocycles. The first-order valence-electron chi connectivity index (χ1n) is 5.92. The molecule has 4 heteroatoms. The summed E-state index contributed by atoms with van der Waals surface area (Å²) >= 11 is 0. The molecule has 2 aromatic carbocycles. The molecule has 0 spiro atoms. The minimum absolute atomic E-state index is 0.285. The molecule has 0 aliphatic rings. The highest BCUT2D eigenvalue weighted by atomic mass is 19.1. The van der Waals surface area contributed by atoms with Crippen LogP contribution in [-0.2, 0) is 0 Å². The molecule has 2 nitrogen and oxygen atoms in total. The Morgan fingerprint density at radius 1 is 1.05 bits per heavy atom. The van der Waals surface area contributed by atoms with Crippen molar-refractivity contribution in [2.75, 3.05) is 14.2 Å². The van der Waals surface area contributed by atoms with E-state index in [1.165, 1.54) is 6.07 Å². The fourth-order valence-corrected chi connectivity index (χ4v) is 2.03. The quantitative estimate of drug-likeness (QED) is 0.914. The number of ether oxygens (including phenoxy) is 1. The molecule has 0 aliphatic carbocycles. The summed E-state index contributed by atoms with van der Waals surface area (Å²) in [6.45, 7) is 0. The van der Waals surface area contributed by atoms with Crippen LogP contribution in [0.2, 0.25) is 0 Å². The molecule has 0 radical (unpaired) electrons. The maximum absolute atomic E-state index is 13.8. The number of rotatable bonds is 4. The van der Waals surface area contributed by atoms with E-state index in [2.05, 4.69) is 5.32 Å². The van der Waals surface area contributed by atoms with Gasteiger partial charge in [-0.25, -0.2) is 8.78 Å². The lowest BCUT2D eigenvalue weighted by atomic mass is 9.98. The van der Waals surface area contributed by atoms with Crippen molar-refractivity contribution in [1.82, 2.24) is 5.32 Å². The molecule has 1 N–H and O–H groups in total. The summed E-state index contributed by atoms with van der Waals surface area (Å²) < 4.78 is 32.1. The van der Waals surface area contributed by atoms with Crippen LogP contribution < -0.4 is 10.1 Å². The van der Waals surface area contributed by atoms with Crippen LogP contribution >= 0.6 is 0 Å². The number of halogens is 2. The van der Waals surface area contributed by atoms with Crippen molar-refractivity contribution in [3.63, 3.8) is 0 Å². The second-order valence-corrected chi connectivity index (χ2v) is 4.16. The van der Waals surface area contributed by atoms with Crippen LogP contribution in [-0.4, -0.2) is 14.2 Å².